The van der Waals surface area contributed by atoms with Gasteiger partial charge in [0.15, 0.2) is 0 Å². The van der Waals surface area contributed by atoms with Crippen LogP contribution in [0.5, 0.6) is 0 Å². The molecule has 2 aliphatic carbocycles. The number of hydrogen-bond donors (Lipinski definition) is 0. The van der Waals surface area contributed by atoms with Gasteiger partial charge in [-0.05, 0) is 51.0 Å². The lowest BCUT2D eigenvalue weighted by atomic mass is 9.76. The van der Waals surface area contributed by atoms with Crippen molar-refractivity contribution in [3.8, 4) is 0 Å². The zero-order chi connectivity index (χ0) is 15.9. The number of aryl methyl sites for hydroxylation is 1. The van der Waals surface area contributed by atoms with Gasteiger partial charge in [0, 0.05) is 0 Å². The molecule has 4 rings (SSSR count). The fourth-order valence-corrected chi connectivity index (χ4v) is 4.54. The zero-order valence-corrected chi connectivity index (χ0v) is 14.0. The van der Waals surface area contributed by atoms with E-state index in [1.165, 1.54) is 24.8 Å². The quantitative estimate of drug-likeness (QED) is 0.613. The molecule has 1 heterocycles. The van der Waals surface area contributed by atoms with Crippen molar-refractivity contribution in [1.29, 1.82) is 0 Å². The van der Waals surface area contributed by atoms with Crippen LogP contribution in [-0.2, 0) is 19.9 Å². The van der Waals surface area contributed by atoms with E-state index in [1.807, 2.05) is 0 Å². The van der Waals surface area contributed by atoms with Gasteiger partial charge in [-0.3, -0.25) is 0 Å². The van der Waals surface area contributed by atoms with E-state index in [-0.39, 0.29) is 17.7 Å². The summed E-state index contributed by atoms with van der Waals surface area (Å²) in [6.45, 7) is 2.07. The largest absolute Gasteiger partial charge is 0.460 e. The third-order valence-corrected chi connectivity index (χ3v) is 5.93. The summed E-state index contributed by atoms with van der Waals surface area (Å²) in [4.78, 5) is 13.1. The van der Waals surface area contributed by atoms with Gasteiger partial charge in [-0.2, -0.15) is 0 Å². The first-order valence-electron chi connectivity index (χ1n) is 9.15. The van der Waals surface area contributed by atoms with Gasteiger partial charge in [-0.25, -0.2) is 4.79 Å². The minimum Gasteiger partial charge on any atom is -0.460 e. The first-order valence-corrected chi connectivity index (χ1v) is 9.15. The van der Waals surface area contributed by atoms with Crippen LogP contribution >= 0.6 is 0 Å². The van der Waals surface area contributed by atoms with Crippen LogP contribution in [0.15, 0.2) is 24.3 Å². The van der Waals surface area contributed by atoms with Gasteiger partial charge >= 0.3 is 5.97 Å². The van der Waals surface area contributed by atoms with E-state index < -0.39 is 5.60 Å². The molecule has 3 nitrogen and oxygen atoms in total. The van der Waals surface area contributed by atoms with Crippen LogP contribution in [0.4, 0.5) is 0 Å². The molecule has 1 unspecified atom stereocenters. The third-order valence-electron chi connectivity index (χ3n) is 5.93. The SMILES string of the molecule is Cc1ccc(C2(C(=O)OC3CCCC3)OC23CCCCC3)cc1. The van der Waals surface area contributed by atoms with Gasteiger partial charge in [0.1, 0.15) is 11.7 Å². The second kappa shape index (κ2) is 5.62. The minimum atomic E-state index is -0.844. The third kappa shape index (κ3) is 2.40. The molecule has 124 valence electrons. The van der Waals surface area contributed by atoms with Gasteiger partial charge < -0.3 is 9.47 Å². The zero-order valence-electron chi connectivity index (χ0n) is 14.0. The molecule has 0 N–H and O–H groups in total. The van der Waals surface area contributed by atoms with Crippen molar-refractivity contribution in [3.05, 3.63) is 35.4 Å². The number of carbonyl (C=O) groups excluding carboxylic acids is 1. The summed E-state index contributed by atoms with van der Waals surface area (Å²) in [5, 5.41) is 0. The maximum absolute atomic E-state index is 13.1. The standard InChI is InChI=1S/C20H26O3/c1-15-9-11-16(12-10-15)20(18(21)22-17-7-3-4-8-17)19(23-20)13-5-2-6-14-19/h9-12,17H,2-8,13-14H2,1H3. The van der Waals surface area contributed by atoms with E-state index in [4.69, 9.17) is 9.47 Å². The van der Waals surface area contributed by atoms with Gasteiger partial charge in [0.05, 0.1) is 0 Å². The normalized spacial score (nSPS) is 29.6. The topological polar surface area (TPSA) is 38.8 Å². The van der Waals surface area contributed by atoms with Crippen molar-refractivity contribution in [3.63, 3.8) is 0 Å². The summed E-state index contributed by atoms with van der Waals surface area (Å²) in [6, 6.07) is 8.24. The number of hydrogen-bond acceptors (Lipinski definition) is 3. The van der Waals surface area contributed by atoms with Crippen molar-refractivity contribution >= 4 is 5.97 Å². The molecule has 0 aromatic heterocycles. The Balaban J connectivity index is 1.64. The molecular formula is C20H26O3. The Morgan fingerprint density at radius 2 is 1.70 bits per heavy atom. The Hall–Kier alpha value is -1.35. The Morgan fingerprint density at radius 3 is 2.35 bits per heavy atom. The molecule has 1 aliphatic heterocycles. The van der Waals surface area contributed by atoms with Crippen molar-refractivity contribution in [2.75, 3.05) is 0 Å². The molecule has 0 bridgehead atoms. The fourth-order valence-electron chi connectivity index (χ4n) is 4.54. The monoisotopic (exact) mass is 314 g/mol. The van der Waals surface area contributed by atoms with Crippen molar-refractivity contribution < 1.29 is 14.3 Å². The minimum absolute atomic E-state index is 0.0923. The summed E-state index contributed by atoms with van der Waals surface area (Å²) in [7, 11) is 0. The number of carbonyl (C=O) groups is 1. The predicted molar refractivity (Wildman–Crippen MR) is 88.1 cm³/mol. The highest BCUT2D eigenvalue weighted by Crippen LogP contribution is 2.63. The first kappa shape index (κ1) is 15.2. The van der Waals surface area contributed by atoms with E-state index in [1.54, 1.807) is 0 Å². The van der Waals surface area contributed by atoms with Crippen LogP contribution in [0.25, 0.3) is 0 Å². The molecular weight excluding hydrogens is 288 g/mol. The Kier molecular flexibility index (Phi) is 3.72. The van der Waals surface area contributed by atoms with Crippen molar-refractivity contribution in [2.45, 2.75) is 82.0 Å². The van der Waals surface area contributed by atoms with Crippen LogP contribution in [0.2, 0.25) is 0 Å². The molecule has 0 amide bonds. The van der Waals surface area contributed by atoms with E-state index >= 15 is 0 Å². The Bertz CT molecular complexity index is 579. The average Bonchev–Trinajstić information content (AvgIpc) is 2.93. The summed E-state index contributed by atoms with van der Waals surface area (Å²) in [5.41, 5.74) is 1.03. The molecule has 1 aromatic rings. The lowest BCUT2D eigenvalue weighted by Gasteiger charge is -2.24. The molecule has 3 heteroatoms. The molecule has 3 fully saturated rings. The smallest absolute Gasteiger partial charge is 0.346 e. The van der Waals surface area contributed by atoms with Gasteiger partial charge in [-0.15, -0.1) is 0 Å². The summed E-state index contributed by atoms with van der Waals surface area (Å²) in [5.74, 6) is -0.143. The van der Waals surface area contributed by atoms with E-state index in [0.29, 0.717) is 0 Å². The second-order valence-corrected chi connectivity index (χ2v) is 7.52. The van der Waals surface area contributed by atoms with Crippen LogP contribution < -0.4 is 0 Å². The highest BCUT2D eigenvalue weighted by molar-refractivity contribution is 5.87. The van der Waals surface area contributed by atoms with E-state index in [2.05, 4.69) is 31.2 Å². The molecule has 0 radical (unpaired) electrons. The number of rotatable bonds is 3. The maximum Gasteiger partial charge on any atom is 0.346 e. The summed E-state index contributed by atoms with van der Waals surface area (Å²) < 4.78 is 12.1. The maximum atomic E-state index is 13.1. The van der Waals surface area contributed by atoms with E-state index in [0.717, 1.165) is 44.1 Å². The van der Waals surface area contributed by atoms with Crippen molar-refractivity contribution in [1.82, 2.24) is 0 Å². The molecule has 2 saturated carbocycles. The highest BCUT2D eigenvalue weighted by atomic mass is 16.7. The molecule has 3 aliphatic rings. The Labute approximate surface area is 138 Å². The van der Waals surface area contributed by atoms with Crippen LogP contribution in [0, 0.1) is 6.92 Å². The fraction of sp³-hybridized carbons (Fsp3) is 0.650. The number of esters is 1. The summed E-state index contributed by atoms with van der Waals surface area (Å²) >= 11 is 0. The number of benzene rings is 1. The molecule has 1 atom stereocenters. The Morgan fingerprint density at radius 1 is 1.04 bits per heavy atom. The lowest BCUT2D eigenvalue weighted by Crippen LogP contribution is -2.36. The summed E-state index contributed by atoms with van der Waals surface area (Å²) in [6.07, 6.45) is 9.91. The van der Waals surface area contributed by atoms with Gasteiger partial charge in [0.2, 0.25) is 5.60 Å². The number of ether oxygens (including phenoxy) is 2. The average molecular weight is 314 g/mol. The second-order valence-electron chi connectivity index (χ2n) is 7.52. The van der Waals surface area contributed by atoms with Gasteiger partial charge in [0.25, 0.3) is 0 Å². The predicted octanol–water partition coefficient (Wildman–Crippen LogP) is 4.41. The van der Waals surface area contributed by atoms with Crippen LogP contribution in [0.1, 0.15) is 68.9 Å². The number of epoxide rings is 1. The highest BCUT2D eigenvalue weighted by Gasteiger charge is 2.76. The molecule has 23 heavy (non-hydrogen) atoms. The first-order chi connectivity index (χ1) is 11.2. The lowest BCUT2D eigenvalue weighted by molar-refractivity contribution is -0.155. The molecule has 1 saturated heterocycles. The van der Waals surface area contributed by atoms with Crippen LogP contribution in [-0.4, -0.2) is 17.7 Å². The molecule has 1 aromatic carbocycles. The van der Waals surface area contributed by atoms with E-state index in [9.17, 15) is 4.79 Å². The van der Waals surface area contributed by atoms with Crippen LogP contribution in [0.3, 0.4) is 0 Å². The van der Waals surface area contributed by atoms with Crippen molar-refractivity contribution in [2.24, 2.45) is 0 Å². The van der Waals surface area contributed by atoms with Gasteiger partial charge in [-0.1, -0.05) is 49.1 Å². The molecule has 1 spiro atoms.